The van der Waals surface area contributed by atoms with Crippen molar-refractivity contribution < 1.29 is 13.2 Å². The van der Waals surface area contributed by atoms with Crippen molar-refractivity contribution in [1.29, 1.82) is 0 Å². The number of nitrogens with zero attached hydrogens (tertiary/aromatic N) is 7. The highest BCUT2D eigenvalue weighted by molar-refractivity contribution is 5.89. The molecule has 0 radical (unpaired) electrons. The van der Waals surface area contributed by atoms with Gasteiger partial charge in [-0.3, -0.25) is 9.67 Å². The van der Waals surface area contributed by atoms with Gasteiger partial charge >= 0.3 is 6.18 Å². The minimum Gasteiger partial charge on any atom is -0.356 e. The van der Waals surface area contributed by atoms with Gasteiger partial charge in [0, 0.05) is 50.3 Å². The molecule has 0 saturated heterocycles. The van der Waals surface area contributed by atoms with Crippen molar-refractivity contribution in [2.24, 2.45) is 0 Å². The molecule has 0 amide bonds. The molecule has 4 aromatic heterocycles. The van der Waals surface area contributed by atoms with Gasteiger partial charge in [-0.15, -0.1) is 0 Å². The van der Waals surface area contributed by atoms with E-state index in [1.807, 2.05) is 25.5 Å². The molecular weight excluding hydrogens is 421 g/mol. The van der Waals surface area contributed by atoms with Crippen molar-refractivity contribution in [1.82, 2.24) is 29.3 Å². The van der Waals surface area contributed by atoms with Gasteiger partial charge in [0.25, 0.3) is 0 Å². The summed E-state index contributed by atoms with van der Waals surface area (Å²) in [6.45, 7) is 3.84. The van der Waals surface area contributed by atoms with Gasteiger partial charge in [-0.25, -0.2) is 4.98 Å². The quantitative estimate of drug-likeness (QED) is 0.508. The predicted molar refractivity (Wildman–Crippen MR) is 113 cm³/mol. The second-order valence-electron chi connectivity index (χ2n) is 8.01. The Kier molecular flexibility index (Phi) is 4.75. The van der Waals surface area contributed by atoms with E-state index >= 15 is 0 Å². The van der Waals surface area contributed by atoms with Crippen LogP contribution in [0.1, 0.15) is 29.8 Å². The van der Waals surface area contributed by atoms with Gasteiger partial charge in [-0.05, 0) is 24.6 Å². The van der Waals surface area contributed by atoms with E-state index in [-0.39, 0.29) is 0 Å². The van der Waals surface area contributed by atoms with E-state index in [2.05, 4.69) is 36.8 Å². The average molecular weight is 442 g/mol. The normalized spacial score (nSPS) is 16.0. The van der Waals surface area contributed by atoms with Gasteiger partial charge in [0.05, 0.1) is 18.3 Å². The SMILES string of the molecule is C[C@H]1CN(C)c2nc(NCc3cnn(Cc4ccc(C(F)(F)F)nc4)c3)nc3ccn1c23. The van der Waals surface area contributed by atoms with Crippen LogP contribution in [0.5, 0.6) is 0 Å². The second-order valence-corrected chi connectivity index (χ2v) is 8.01. The number of halogens is 3. The molecule has 0 spiro atoms. The first-order valence-corrected chi connectivity index (χ1v) is 10.1. The molecule has 1 aliphatic heterocycles. The summed E-state index contributed by atoms with van der Waals surface area (Å²) >= 11 is 0. The minimum atomic E-state index is -4.44. The molecule has 5 heterocycles. The third-order valence-electron chi connectivity index (χ3n) is 5.52. The van der Waals surface area contributed by atoms with Crippen LogP contribution in [0, 0.1) is 0 Å². The fourth-order valence-corrected chi connectivity index (χ4v) is 3.97. The van der Waals surface area contributed by atoms with Crippen LogP contribution in [0.4, 0.5) is 24.9 Å². The van der Waals surface area contributed by atoms with Crippen LogP contribution < -0.4 is 10.2 Å². The monoisotopic (exact) mass is 442 g/mol. The summed E-state index contributed by atoms with van der Waals surface area (Å²) in [5.41, 5.74) is 2.56. The van der Waals surface area contributed by atoms with E-state index in [1.165, 1.54) is 12.3 Å². The Labute approximate surface area is 181 Å². The highest BCUT2D eigenvalue weighted by Gasteiger charge is 2.32. The van der Waals surface area contributed by atoms with Crippen LogP contribution in [0.2, 0.25) is 0 Å². The van der Waals surface area contributed by atoms with Crippen molar-refractivity contribution in [3.8, 4) is 0 Å². The summed E-state index contributed by atoms with van der Waals surface area (Å²) in [4.78, 5) is 14.9. The Hall–Kier alpha value is -3.63. The van der Waals surface area contributed by atoms with E-state index in [0.717, 1.165) is 35.0 Å². The fourth-order valence-electron chi connectivity index (χ4n) is 3.97. The topological polar surface area (TPSA) is 76.7 Å². The zero-order valence-electron chi connectivity index (χ0n) is 17.5. The van der Waals surface area contributed by atoms with Gasteiger partial charge < -0.3 is 14.8 Å². The molecule has 1 N–H and O–H groups in total. The minimum absolute atomic E-state index is 0.328. The number of alkyl halides is 3. The molecule has 1 aliphatic rings. The summed E-state index contributed by atoms with van der Waals surface area (Å²) in [5.74, 6) is 1.43. The molecular formula is C21H21F3N8. The number of pyridine rings is 1. The van der Waals surface area contributed by atoms with E-state index < -0.39 is 11.9 Å². The maximum absolute atomic E-state index is 12.7. The van der Waals surface area contributed by atoms with E-state index in [1.54, 1.807) is 10.9 Å². The molecule has 4 aromatic rings. The summed E-state index contributed by atoms with van der Waals surface area (Å²) in [5, 5.41) is 7.53. The van der Waals surface area contributed by atoms with Gasteiger partial charge in [0.2, 0.25) is 5.95 Å². The van der Waals surface area contributed by atoms with Gasteiger partial charge in [-0.1, -0.05) is 6.07 Å². The molecule has 11 heteroatoms. The number of nitrogens with one attached hydrogen (secondary N) is 1. The Morgan fingerprint density at radius 2 is 1.97 bits per heavy atom. The Morgan fingerprint density at radius 3 is 2.72 bits per heavy atom. The molecule has 166 valence electrons. The summed E-state index contributed by atoms with van der Waals surface area (Å²) < 4.78 is 41.8. The summed E-state index contributed by atoms with van der Waals surface area (Å²) in [7, 11) is 2.03. The van der Waals surface area contributed by atoms with Crippen LogP contribution in [0.15, 0.2) is 43.0 Å². The number of aromatic nitrogens is 6. The van der Waals surface area contributed by atoms with Crippen LogP contribution >= 0.6 is 0 Å². The first-order valence-electron chi connectivity index (χ1n) is 10.1. The number of anilines is 2. The molecule has 0 bridgehead atoms. The lowest BCUT2D eigenvalue weighted by molar-refractivity contribution is -0.141. The Bertz CT molecular complexity index is 1260. The van der Waals surface area contributed by atoms with Crippen molar-refractivity contribution >= 4 is 22.8 Å². The highest BCUT2D eigenvalue weighted by atomic mass is 19.4. The van der Waals surface area contributed by atoms with Crippen LogP contribution in [0.3, 0.4) is 0 Å². The predicted octanol–water partition coefficient (Wildman–Crippen LogP) is 3.71. The molecule has 0 aliphatic carbocycles. The maximum atomic E-state index is 12.7. The molecule has 0 unspecified atom stereocenters. The van der Waals surface area contributed by atoms with Gasteiger partial charge in [-0.2, -0.15) is 23.3 Å². The smallest absolute Gasteiger partial charge is 0.356 e. The largest absolute Gasteiger partial charge is 0.433 e. The lowest BCUT2D eigenvalue weighted by Gasteiger charge is -2.30. The lowest BCUT2D eigenvalue weighted by Crippen LogP contribution is -2.31. The van der Waals surface area contributed by atoms with E-state index in [9.17, 15) is 13.2 Å². The van der Waals surface area contributed by atoms with Crippen LogP contribution in [-0.2, 0) is 19.3 Å². The molecule has 32 heavy (non-hydrogen) atoms. The number of rotatable bonds is 5. The first kappa shape index (κ1) is 20.3. The molecule has 0 aromatic carbocycles. The molecule has 0 saturated carbocycles. The summed E-state index contributed by atoms with van der Waals surface area (Å²) in [6.07, 6.45) is 2.36. The number of hydrogen-bond acceptors (Lipinski definition) is 6. The summed E-state index contributed by atoms with van der Waals surface area (Å²) in [6, 6.07) is 4.75. The fraction of sp³-hybridized carbons (Fsp3) is 0.333. The highest BCUT2D eigenvalue weighted by Crippen LogP contribution is 2.33. The van der Waals surface area contributed by atoms with Crippen molar-refractivity contribution in [3.05, 3.63) is 59.8 Å². The van der Waals surface area contributed by atoms with Gasteiger partial charge in [0.1, 0.15) is 11.2 Å². The zero-order chi connectivity index (χ0) is 22.5. The molecule has 1 atom stereocenters. The maximum Gasteiger partial charge on any atom is 0.433 e. The third-order valence-corrected chi connectivity index (χ3v) is 5.52. The molecule has 0 fully saturated rings. The van der Waals surface area contributed by atoms with Crippen molar-refractivity contribution in [2.75, 3.05) is 23.8 Å². The van der Waals surface area contributed by atoms with Crippen molar-refractivity contribution in [2.45, 2.75) is 32.2 Å². The van der Waals surface area contributed by atoms with E-state index in [4.69, 9.17) is 4.98 Å². The second kappa shape index (κ2) is 7.50. The van der Waals surface area contributed by atoms with Crippen molar-refractivity contribution in [3.63, 3.8) is 0 Å². The first-order chi connectivity index (χ1) is 15.3. The van der Waals surface area contributed by atoms with E-state index in [0.29, 0.717) is 30.6 Å². The molecule has 8 nitrogen and oxygen atoms in total. The van der Waals surface area contributed by atoms with Gasteiger partial charge in [0.15, 0.2) is 5.82 Å². The Morgan fingerprint density at radius 1 is 1.12 bits per heavy atom. The zero-order valence-corrected chi connectivity index (χ0v) is 17.5. The number of hydrogen-bond donors (Lipinski definition) is 1. The van der Waals surface area contributed by atoms with Crippen LogP contribution in [-0.4, -0.2) is 42.9 Å². The van der Waals surface area contributed by atoms with Crippen LogP contribution in [0.25, 0.3) is 11.0 Å². The molecule has 5 rings (SSSR count). The Balaban J connectivity index is 1.27. The number of likely N-dealkylation sites (N-methyl/N-ethyl adjacent to an activating group) is 1. The lowest BCUT2D eigenvalue weighted by atomic mass is 10.2. The standard InChI is InChI=1S/C21H21F3N8/c1-13-10-30(2)19-18-16(5-6-32(13)18)28-20(29-19)26-8-15-9-27-31(12-15)11-14-3-4-17(25-7-14)21(22,23)24/h3-7,9,12-13H,8,10-11H2,1-2H3,(H,26,28,29)/t13-/m0/s1. The third kappa shape index (κ3) is 3.74. The average Bonchev–Trinajstić information content (AvgIpc) is 3.37.